The Morgan fingerprint density at radius 1 is 0.426 bits per heavy atom. The number of hydrogen-bond donors (Lipinski definition) is 4. The van der Waals surface area contributed by atoms with Crippen molar-refractivity contribution < 1.29 is 47.9 Å². The maximum Gasteiger partial charge on any atom is 0.243 e. The molecule has 0 saturated carbocycles. The van der Waals surface area contributed by atoms with Crippen molar-refractivity contribution >= 4 is 58.3 Å². The van der Waals surface area contributed by atoms with Crippen LogP contribution in [0.25, 0.3) is 0 Å². The molecule has 0 rings (SSSR count). The van der Waals surface area contributed by atoms with Crippen LogP contribution >= 0.6 is 0 Å². The van der Waals surface area contributed by atoms with Gasteiger partial charge < -0.3 is 40.4 Å². The van der Waals surface area contributed by atoms with Gasteiger partial charge in [-0.2, -0.15) is 0 Å². The first kappa shape index (κ1) is 42.9. The third kappa shape index (κ3) is 20.6. The first-order chi connectivity index (χ1) is 21.8. The van der Waals surface area contributed by atoms with E-state index in [2.05, 4.69) is 21.3 Å². The number of rotatable bonds is 25. The van der Waals surface area contributed by atoms with Crippen molar-refractivity contribution in [2.24, 2.45) is 5.92 Å². The van der Waals surface area contributed by atoms with Gasteiger partial charge in [-0.05, 0) is 73.6 Å². The first-order valence-electron chi connectivity index (χ1n) is 16.0. The van der Waals surface area contributed by atoms with Gasteiger partial charge in [0.15, 0.2) is 5.78 Å². The third-order valence-corrected chi connectivity index (χ3v) is 7.42. The summed E-state index contributed by atoms with van der Waals surface area (Å²) in [5, 5.41) is 10.4. The fourth-order valence-corrected chi connectivity index (χ4v) is 4.54. The summed E-state index contributed by atoms with van der Waals surface area (Å²) in [6.07, 6.45) is 0.178. The zero-order valence-electron chi connectivity index (χ0n) is 28.7. The summed E-state index contributed by atoms with van der Waals surface area (Å²) in [4.78, 5) is 122. The average Bonchev–Trinajstić information content (AvgIpc) is 2.95. The second-order valence-electron chi connectivity index (χ2n) is 12.4. The molecule has 0 saturated heterocycles. The minimum atomic E-state index is -1.16. The number of Topliss-reactive ketones (excluding diaryl/α,β-unsaturated/α-hetero) is 6. The van der Waals surface area contributed by atoms with Crippen molar-refractivity contribution in [3.05, 3.63) is 0 Å². The minimum absolute atomic E-state index is 0.000224. The third-order valence-electron chi connectivity index (χ3n) is 7.42. The highest BCUT2D eigenvalue weighted by Crippen LogP contribution is 2.11. The highest BCUT2D eigenvalue weighted by atomic mass is 16.2. The van der Waals surface area contributed by atoms with E-state index < -0.39 is 53.7 Å². The molecule has 14 heteroatoms. The number of ketones is 6. The SMILES string of the molecule is CC(=O)CCC(C)C(=O)NC(CCC(C)=O)C(=O)NC(CCC(=O)NC(CCC(C)=O)C(=O)NC(CCC(C)=O)C(C)=O)CC(C)=O. The predicted molar refractivity (Wildman–Crippen MR) is 172 cm³/mol. The molecule has 0 aliphatic heterocycles. The van der Waals surface area contributed by atoms with Gasteiger partial charge in [-0.1, -0.05) is 6.92 Å². The van der Waals surface area contributed by atoms with E-state index in [0.29, 0.717) is 0 Å². The van der Waals surface area contributed by atoms with Crippen molar-refractivity contribution in [2.75, 3.05) is 0 Å². The van der Waals surface area contributed by atoms with Crippen LogP contribution in [0, 0.1) is 5.92 Å². The molecule has 0 radical (unpaired) electrons. The number of carbonyl (C=O) groups excluding carboxylic acids is 10. The van der Waals surface area contributed by atoms with Crippen LogP contribution in [0.1, 0.15) is 119 Å². The van der Waals surface area contributed by atoms with Crippen molar-refractivity contribution in [2.45, 2.75) is 143 Å². The molecule has 0 aliphatic carbocycles. The second kappa shape index (κ2) is 22.4. The van der Waals surface area contributed by atoms with Crippen molar-refractivity contribution in [3.8, 4) is 0 Å². The fraction of sp³-hybridized carbons (Fsp3) is 0.697. The topological polar surface area (TPSA) is 219 Å². The smallest absolute Gasteiger partial charge is 0.243 e. The van der Waals surface area contributed by atoms with Gasteiger partial charge in [0.2, 0.25) is 23.6 Å². The molecule has 0 aromatic rings. The van der Waals surface area contributed by atoms with E-state index in [1.54, 1.807) is 6.92 Å². The van der Waals surface area contributed by atoms with Crippen molar-refractivity contribution in [1.29, 1.82) is 0 Å². The monoisotopic (exact) mass is 664 g/mol. The van der Waals surface area contributed by atoms with E-state index in [0.717, 1.165) is 0 Å². The summed E-state index contributed by atoms with van der Waals surface area (Å²) >= 11 is 0. The molecule has 4 N–H and O–H groups in total. The Morgan fingerprint density at radius 2 is 0.830 bits per heavy atom. The Balaban J connectivity index is 5.65. The zero-order chi connectivity index (χ0) is 36.3. The standard InChI is InChI=1S/C33H52N4O10/c1-19(8-9-20(2)38)31(45)37-29(16-12-23(5)41)32(46)34-26(18-24(6)42)13-17-30(44)35-28(15-11-22(4)40)33(47)36-27(25(7)43)14-10-21(3)39/h19,26-29H,8-18H2,1-7H3,(H,34,46)(H,35,44)(H,36,47)(H,37,45). The van der Waals surface area contributed by atoms with Crippen LogP contribution in [-0.4, -0.2) is 82.5 Å². The number of hydrogen-bond acceptors (Lipinski definition) is 10. The summed E-state index contributed by atoms with van der Waals surface area (Å²) in [6, 6.07) is -4.04. The van der Waals surface area contributed by atoms with Crippen LogP contribution in [0.15, 0.2) is 0 Å². The number of amides is 4. The molecule has 0 heterocycles. The lowest BCUT2D eigenvalue weighted by molar-refractivity contribution is -0.132. The number of nitrogens with one attached hydrogen (secondary N) is 4. The summed E-state index contributed by atoms with van der Waals surface area (Å²) in [6.45, 7) is 9.64. The van der Waals surface area contributed by atoms with E-state index >= 15 is 0 Å². The lowest BCUT2D eigenvalue weighted by atomic mass is 10.0. The van der Waals surface area contributed by atoms with Crippen LogP contribution in [0.3, 0.4) is 0 Å². The molecule has 0 bridgehead atoms. The Bertz CT molecular complexity index is 1180. The van der Waals surface area contributed by atoms with Gasteiger partial charge in [-0.15, -0.1) is 0 Å². The average molecular weight is 665 g/mol. The van der Waals surface area contributed by atoms with Gasteiger partial charge in [0.25, 0.3) is 0 Å². The van der Waals surface area contributed by atoms with E-state index in [1.807, 2.05) is 0 Å². The van der Waals surface area contributed by atoms with Gasteiger partial charge in [-0.3, -0.25) is 28.8 Å². The molecule has 0 aromatic heterocycles. The molecular formula is C33H52N4O10. The van der Waals surface area contributed by atoms with Gasteiger partial charge >= 0.3 is 0 Å². The van der Waals surface area contributed by atoms with Crippen LogP contribution in [-0.2, 0) is 47.9 Å². The summed E-state index contributed by atoms with van der Waals surface area (Å²) in [5.74, 6) is -4.32. The lowest BCUT2D eigenvalue weighted by Gasteiger charge is -2.25. The van der Waals surface area contributed by atoms with Crippen LogP contribution in [0.4, 0.5) is 0 Å². The van der Waals surface area contributed by atoms with Gasteiger partial charge in [0.1, 0.15) is 41.0 Å². The summed E-state index contributed by atoms with van der Waals surface area (Å²) in [7, 11) is 0. The van der Waals surface area contributed by atoms with Crippen molar-refractivity contribution in [3.63, 3.8) is 0 Å². The highest BCUT2D eigenvalue weighted by Gasteiger charge is 2.28. The quantitative estimate of drug-likeness (QED) is 0.110. The van der Waals surface area contributed by atoms with Crippen LogP contribution < -0.4 is 21.3 Å². The maximum absolute atomic E-state index is 13.2. The molecule has 14 nitrogen and oxygen atoms in total. The van der Waals surface area contributed by atoms with Crippen LogP contribution in [0.5, 0.6) is 0 Å². The minimum Gasteiger partial charge on any atom is -0.351 e. The molecular weight excluding hydrogens is 612 g/mol. The first-order valence-corrected chi connectivity index (χ1v) is 16.0. The molecule has 0 fully saturated rings. The summed E-state index contributed by atoms with van der Waals surface area (Å²) in [5.41, 5.74) is 0. The maximum atomic E-state index is 13.2. The largest absolute Gasteiger partial charge is 0.351 e. The molecule has 47 heavy (non-hydrogen) atoms. The predicted octanol–water partition coefficient (Wildman–Crippen LogP) is 1.39. The van der Waals surface area contributed by atoms with E-state index in [-0.39, 0.29) is 105 Å². The van der Waals surface area contributed by atoms with Gasteiger partial charge in [0.05, 0.1) is 6.04 Å². The number of carbonyl (C=O) groups is 10. The Morgan fingerprint density at radius 3 is 1.28 bits per heavy atom. The molecule has 0 aromatic carbocycles. The Kier molecular flexibility index (Phi) is 20.5. The Labute approximate surface area is 276 Å². The summed E-state index contributed by atoms with van der Waals surface area (Å²) < 4.78 is 0. The zero-order valence-corrected chi connectivity index (χ0v) is 28.7. The lowest BCUT2D eigenvalue weighted by Crippen LogP contribution is -2.52. The Hall–Kier alpha value is -4.10. The van der Waals surface area contributed by atoms with E-state index in [1.165, 1.54) is 41.5 Å². The van der Waals surface area contributed by atoms with E-state index in [4.69, 9.17) is 0 Å². The highest BCUT2D eigenvalue weighted by molar-refractivity contribution is 5.93. The molecule has 0 aliphatic rings. The fourth-order valence-electron chi connectivity index (χ4n) is 4.54. The molecule has 264 valence electrons. The van der Waals surface area contributed by atoms with Gasteiger partial charge in [0, 0.05) is 50.5 Å². The second-order valence-corrected chi connectivity index (χ2v) is 12.4. The van der Waals surface area contributed by atoms with Crippen LogP contribution in [0.2, 0.25) is 0 Å². The molecule has 5 atom stereocenters. The van der Waals surface area contributed by atoms with Gasteiger partial charge in [-0.25, -0.2) is 0 Å². The normalized spacial score (nSPS) is 13.9. The van der Waals surface area contributed by atoms with E-state index in [9.17, 15) is 47.9 Å². The molecule has 4 amide bonds. The van der Waals surface area contributed by atoms with Crippen molar-refractivity contribution in [1.82, 2.24) is 21.3 Å². The molecule has 0 spiro atoms. The molecule has 5 unspecified atom stereocenters.